The molecule has 0 saturated heterocycles. The van der Waals surface area contributed by atoms with Gasteiger partial charge in [-0.15, -0.1) is 0 Å². The van der Waals surface area contributed by atoms with Crippen molar-refractivity contribution in [2.24, 2.45) is 0 Å². The maximum Gasteiger partial charge on any atom is 0.264 e. The van der Waals surface area contributed by atoms with Crippen molar-refractivity contribution in [1.82, 2.24) is 29.4 Å². The van der Waals surface area contributed by atoms with E-state index in [9.17, 15) is 13.6 Å². The standard InChI is InChI=1S/C24H26F2N6O/c1-5-31-16(3)18(12-27-31)13-30(4)21(33)14-32-24-22(15(2)29-32)19(23(25)26)11-20(28-24)17-9-7-6-8-10-17/h6-12,23H,5,13-14H2,1-4H3. The largest absolute Gasteiger partial charge is 0.340 e. The third-order valence-electron chi connectivity index (χ3n) is 5.84. The van der Waals surface area contributed by atoms with Crippen LogP contribution in [-0.4, -0.2) is 42.4 Å². The van der Waals surface area contributed by atoms with Gasteiger partial charge in [0.1, 0.15) is 6.54 Å². The van der Waals surface area contributed by atoms with Gasteiger partial charge in [-0.05, 0) is 26.8 Å². The van der Waals surface area contributed by atoms with Crippen molar-refractivity contribution in [2.75, 3.05) is 7.05 Å². The van der Waals surface area contributed by atoms with E-state index in [1.54, 1.807) is 25.1 Å². The van der Waals surface area contributed by atoms with E-state index in [0.717, 1.165) is 23.4 Å². The number of fused-ring (bicyclic) bond motifs is 1. The van der Waals surface area contributed by atoms with Gasteiger partial charge in [0.15, 0.2) is 5.65 Å². The molecule has 0 bridgehead atoms. The Bertz CT molecular complexity index is 1300. The van der Waals surface area contributed by atoms with Crippen LogP contribution in [0.25, 0.3) is 22.3 Å². The number of hydrogen-bond acceptors (Lipinski definition) is 4. The van der Waals surface area contributed by atoms with Gasteiger partial charge in [0.05, 0.1) is 23.0 Å². The highest BCUT2D eigenvalue weighted by Gasteiger charge is 2.23. The average molecular weight is 453 g/mol. The maximum atomic E-state index is 13.9. The summed E-state index contributed by atoms with van der Waals surface area (Å²) in [4.78, 5) is 19.2. The lowest BCUT2D eigenvalue weighted by Gasteiger charge is -2.17. The van der Waals surface area contributed by atoms with Crippen molar-refractivity contribution in [3.05, 3.63) is 65.1 Å². The van der Waals surface area contributed by atoms with Crippen molar-refractivity contribution < 1.29 is 13.6 Å². The fourth-order valence-corrected chi connectivity index (χ4v) is 3.98. The van der Waals surface area contributed by atoms with Gasteiger partial charge in [0.25, 0.3) is 6.43 Å². The van der Waals surface area contributed by atoms with E-state index in [4.69, 9.17) is 0 Å². The lowest BCUT2D eigenvalue weighted by Crippen LogP contribution is -2.30. The van der Waals surface area contributed by atoms with E-state index >= 15 is 0 Å². The fraction of sp³-hybridized carbons (Fsp3) is 0.333. The molecule has 0 saturated carbocycles. The summed E-state index contributed by atoms with van der Waals surface area (Å²) in [5.41, 5.74) is 3.67. The van der Waals surface area contributed by atoms with Crippen LogP contribution in [0.4, 0.5) is 8.78 Å². The van der Waals surface area contributed by atoms with E-state index in [0.29, 0.717) is 23.3 Å². The Balaban J connectivity index is 1.68. The number of hydrogen-bond donors (Lipinski definition) is 0. The molecule has 0 radical (unpaired) electrons. The van der Waals surface area contributed by atoms with Crippen LogP contribution in [0.3, 0.4) is 0 Å². The minimum atomic E-state index is -2.69. The summed E-state index contributed by atoms with van der Waals surface area (Å²) in [6, 6.07) is 10.5. The number of aryl methyl sites for hydroxylation is 2. The van der Waals surface area contributed by atoms with Crippen molar-refractivity contribution in [3.63, 3.8) is 0 Å². The van der Waals surface area contributed by atoms with Crippen LogP contribution in [0, 0.1) is 13.8 Å². The zero-order chi connectivity index (χ0) is 23.7. The van der Waals surface area contributed by atoms with Gasteiger partial charge in [-0.3, -0.25) is 9.48 Å². The first-order valence-electron chi connectivity index (χ1n) is 10.8. The number of carbonyl (C=O) groups excluding carboxylic acids is 1. The topological polar surface area (TPSA) is 68.8 Å². The first-order chi connectivity index (χ1) is 15.8. The van der Waals surface area contributed by atoms with Gasteiger partial charge < -0.3 is 4.90 Å². The third kappa shape index (κ3) is 4.35. The molecule has 172 valence electrons. The molecule has 3 heterocycles. The van der Waals surface area contributed by atoms with Crippen LogP contribution in [-0.2, 0) is 24.4 Å². The van der Waals surface area contributed by atoms with Crippen LogP contribution in [0.15, 0.2) is 42.6 Å². The van der Waals surface area contributed by atoms with Gasteiger partial charge in [-0.1, -0.05) is 30.3 Å². The number of aromatic nitrogens is 5. The Hall–Kier alpha value is -3.62. The van der Waals surface area contributed by atoms with Gasteiger partial charge in [0.2, 0.25) is 5.91 Å². The van der Waals surface area contributed by atoms with Crippen LogP contribution < -0.4 is 0 Å². The Morgan fingerprint density at radius 3 is 2.52 bits per heavy atom. The Kier molecular flexibility index (Phi) is 6.22. The number of pyridine rings is 1. The second-order valence-corrected chi connectivity index (χ2v) is 8.03. The zero-order valence-electron chi connectivity index (χ0n) is 19.1. The average Bonchev–Trinajstić information content (AvgIpc) is 3.32. The summed E-state index contributed by atoms with van der Waals surface area (Å²) >= 11 is 0. The van der Waals surface area contributed by atoms with E-state index in [1.165, 1.54) is 10.7 Å². The van der Waals surface area contributed by atoms with Crippen LogP contribution in [0.5, 0.6) is 0 Å². The summed E-state index contributed by atoms with van der Waals surface area (Å²) < 4.78 is 31.2. The summed E-state index contributed by atoms with van der Waals surface area (Å²) in [6.45, 7) is 6.68. The minimum Gasteiger partial charge on any atom is -0.340 e. The molecule has 4 aromatic rings. The summed E-state index contributed by atoms with van der Waals surface area (Å²) in [6.07, 6.45) is -0.927. The number of carbonyl (C=O) groups is 1. The molecule has 0 unspecified atom stereocenters. The number of rotatable bonds is 7. The number of likely N-dealkylation sites (N-methyl/N-ethyl adjacent to an activating group) is 1. The highest BCUT2D eigenvalue weighted by atomic mass is 19.3. The fourth-order valence-electron chi connectivity index (χ4n) is 3.98. The summed E-state index contributed by atoms with van der Waals surface area (Å²) in [5.74, 6) is -0.200. The molecule has 0 N–H and O–H groups in total. The normalized spacial score (nSPS) is 11.5. The second kappa shape index (κ2) is 9.09. The SMILES string of the molecule is CCn1ncc(CN(C)C(=O)Cn2nc(C)c3c(C(F)F)cc(-c4ccccc4)nc32)c1C. The van der Waals surface area contributed by atoms with Gasteiger partial charge >= 0.3 is 0 Å². The van der Waals surface area contributed by atoms with Crippen molar-refractivity contribution in [2.45, 2.75) is 46.8 Å². The van der Waals surface area contributed by atoms with Crippen molar-refractivity contribution in [3.8, 4) is 11.3 Å². The quantitative estimate of drug-likeness (QED) is 0.413. The van der Waals surface area contributed by atoms with Gasteiger partial charge in [-0.25, -0.2) is 18.4 Å². The molecule has 7 nitrogen and oxygen atoms in total. The molecular weight excluding hydrogens is 426 g/mol. The van der Waals surface area contributed by atoms with Gasteiger partial charge in [0, 0.05) is 42.5 Å². The molecule has 4 rings (SSSR count). The molecular formula is C24H26F2N6O. The molecule has 33 heavy (non-hydrogen) atoms. The van der Waals surface area contributed by atoms with E-state index in [1.807, 2.05) is 48.9 Å². The van der Waals surface area contributed by atoms with Crippen LogP contribution in [0.2, 0.25) is 0 Å². The van der Waals surface area contributed by atoms with Crippen LogP contribution >= 0.6 is 0 Å². The summed E-state index contributed by atoms with van der Waals surface area (Å²) in [5, 5.41) is 9.00. The van der Waals surface area contributed by atoms with E-state index in [2.05, 4.69) is 15.2 Å². The molecule has 1 amide bonds. The van der Waals surface area contributed by atoms with E-state index < -0.39 is 6.43 Å². The Morgan fingerprint density at radius 1 is 1.15 bits per heavy atom. The Morgan fingerprint density at radius 2 is 1.88 bits per heavy atom. The zero-order valence-corrected chi connectivity index (χ0v) is 19.1. The van der Waals surface area contributed by atoms with Crippen molar-refractivity contribution >= 4 is 16.9 Å². The molecule has 9 heteroatoms. The summed E-state index contributed by atoms with van der Waals surface area (Å²) in [7, 11) is 1.71. The molecule has 1 aromatic carbocycles. The predicted molar refractivity (Wildman–Crippen MR) is 122 cm³/mol. The molecule has 0 atom stereocenters. The maximum absolute atomic E-state index is 13.9. The van der Waals surface area contributed by atoms with Crippen LogP contribution in [0.1, 0.15) is 35.9 Å². The molecule has 0 aliphatic carbocycles. The Labute approximate surface area is 190 Å². The monoisotopic (exact) mass is 452 g/mol. The minimum absolute atomic E-state index is 0.101. The van der Waals surface area contributed by atoms with Gasteiger partial charge in [-0.2, -0.15) is 10.2 Å². The molecule has 0 aliphatic rings. The number of nitrogens with zero attached hydrogens (tertiary/aromatic N) is 6. The third-order valence-corrected chi connectivity index (χ3v) is 5.84. The molecule has 0 fully saturated rings. The molecule has 3 aromatic heterocycles. The highest BCUT2D eigenvalue weighted by Crippen LogP contribution is 2.33. The second-order valence-electron chi connectivity index (χ2n) is 8.03. The number of halogens is 2. The lowest BCUT2D eigenvalue weighted by molar-refractivity contribution is -0.131. The van der Waals surface area contributed by atoms with Crippen molar-refractivity contribution in [1.29, 1.82) is 0 Å². The number of alkyl halides is 2. The number of amides is 1. The predicted octanol–water partition coefficient (Wildman–Crippen LogP) is 4.53. The highest BCUT2D eigenvalue weighted by molar-refractivity contribution is 5.87. The number of benzene rings is 1. The smallest absolute Gasteiger partial charge is 0.264 e. The molecule has 0 spiro atoms. The lowest BCUT2D eigenvalue weighted by atomic mass is 10.1. The first-order valence-corrected chi connectivity index (χ1v) is 10.8. The first kappa shape index (κ1) is 22.6. The molecule has 0 aliphatic heterocycles. The van der Waals surface area contributed by atoms with E-state index in [-0.39, 0.29) is 23.7 Å².